The first-order valence-electron chi connectivity index (χ1n) is 6.94. The third-order valence-corrected chi connectivity index (χ3v) is 4.46. The molecular formula is C12H26N4O3. The zero-order valence-corrected chi connectivity index (χ0v) is 11.1. The van der Waals surface area contributed by atoms with E-state index in [-0.39, 0.29) is 24.3 Å². The van der Waals surface area contributed by atoms with E-state index in [1.54, 1.807) is 0 Å². The Morgan fingerprint density at radius 1 is 0.947 bits per heavy atom. The molecule has 112 valence electrons. The highest BCUT2D eigenvalue weighted by atomic mass is 16.5. The minimum atomic E-state index is -1.01. The van der Waals surface area contributed by atoms with Crippen LogP contribution in [0.15, 0.2) is 0 Å². The molecule has 1 heterocycles. The van der Waals surface area contributed by atoms with Gasteiger partial charge >= 0.3 is 0 Å². The second-order valence-electron chi connectivity index (χ2n) is 5.82. The molecule has 0 aromatic carbocycles. The van der Waals surface area contributed by atoms with Gasteiger partial charge in [-0.05, 0) is 19.3 Å². The molecule has 8 atom stereocenters. The van der Waals surface area contributed by atoms with Crippen molar-refractivity contribution < 1.29 is 14.9 Å². The number of rotatable bonds is 2. The van der Waals surface area contributed by atoms with Crippen LogP contribution in [0.25, 0.3) is 0 Å². The summed E-state index contributed by atoms with van der Waals surface area (Å²) in [5.74, 6) is -0.404. The van der Waals surface area contributed by atoms with Crippen LogP contribution in [0, 0.1) is 5.92 Å². The van der Waals surface area contributed by atoms with Crippen molar-refractivity contribution in [1.29, 1.82) is 0 Å². The quantitative estimate of drug-likeness (QED) is 0.318. The van der Waals surface area contributed by atoms with Gasteiger partial charge in [0.1, 0.15) is 0 Å². The summed E-state index contributed by atoms with van der Waals surface area (Å²) in [7, 11) is 0. The molecule has 2 fully saturated rings. The van der Waals surface area contributed by atoms with Crippen LogP contribution in [-0.2, 0) is 4.74 Å². The fourth-order valence-electron chi connectivity index (χ4n) is 3.27. The van der Waals surface area contributed by atoms with E-state index in [0.29, 0.717) is 13.0 Å². The van der Waals surface area contributed by atoms with E-state index in [4.69, 9.17) is 27.7 Å². The van der Waals surface area contributed by atoms with E-state index in [1.165, 1.54) is 0 Å². The van der Waals surface area contributed by atoms with Crippen LogP contribution in [-0.4, -0.2) is 59.3 Å². The van der Waals surface area contributed by atoms with Crippen molar-refractivity contribution in [3.8, 4) is 0 Å². The highest BCUT2D eigenvalue weighted by molar-refractivity contribution is 5.02. The zero-order valence-electron chi connectivity index (χ0n) is 11.1. The van der Waals surface area contributed by atoms with Crippen molar-refractivity contribution in [2.24, 2.45) is 28.9 Å². The maximum absolute atomic E-state index is 10.2. The predicted molar refractivity (Wildman–Crippen MR) is 71.0 cm³/mol. The van der Waals surface area contributed by atoms with Gasteiger partial charge in [0.2, 0.25) is 0 Å². The minimum Gasteiger partial charge on any atom is -0.390 e. The van der Waals surface area contributed by atoms with Gasteiger partial charge in [-0.1, -0.05) is 0 Å². The van der Waals surface area contributed by atoms with Crippen LogP contribution in [0.1, 0.15) is 19.3 Å². The van der Waals surface area contributed by atoms with Gasteiger partial charge in [0, 0.05) is 30.6 Å². The summed E-state index contributed by atoms with van der Waals surface area (Å²) in [5, 5.41) is 20.2. The number of aliphatic hydroxyl groups excluding tert-OH is 2. The van der Waals surface area contributed by atoms with E-state index in [9.17, 15) is 10.2 Å². The Hall–Kier alpha value is -0.280. The van der Waals surface area contributed by atoms with Crippen LogP contribution < -0.4 is 22.9 Å². The Morgan fingerprint density at radius 2 is 1.63 bits per heavy atom. The Labute approximate surface area is 113 Å². The molecule has 1 saturated heterocycles. The van der Waals surface area contributed by atoms with Crippen LogP contribution >= 0.6 is 0 Å². The third-order valence-electron chi connectivity index (χ3n) is 4.46. The monoisotopic (exact) mass is 274 g/mol. The normalized spacial score (nSPS) is 52.1. The molecule has 0 aromatic heterocycles. The zero-order chi connectivity index (χ0) is 14.2. The van der Waals surface area contributed by atoms with Crippen molar-refractivity contribution in [3.05, 3.63) is 0 Å². The summed E-state index contributed by atoms with van der Waals surface area (Å²) in [6, 6.07) is -1.04. The lowest BCUT2D eigenvalue weighted by Gasteiger charge is -2.47. The molecule has 2 rings (SSSR count). The summed E-state index contributed by atoms with van der Waals surface area (Å²) >= 11 is 0. The molecule has 1 aliphatic carbocycles. The fraction of sp³-hybridized carbons (Fsp3) is 1.00. The maximum Gasteiger partial charge on any atom is 0.0954 e. The second-order valence-corrected chi connectivity index (χ2v) is 5.82. The van der Waals surface area contributed by atoms with Gasteiger partial charge in [-0.3, -0.25) is 0 Å². The molecule has 0 spiro atoms. The van der Waals surface area contributed by atoms with Gasteiger partial charge in [-0.15, -0.1) is 0 Å². The van der Waals surface area contributed by atoms with Crippen molar-refractivity contribution in [3.63, 3.8) is 0 Å². The lowest BCUT2D eigenvalue weighted by Crippen LogP contribution is -2.65. The Kier molecular flexibility index (Phi) is 4.78. The number of hydrogen-bond donors (Lipinski definition) is 6. The third kappa shape index (κ3) is 2.92. The molecule has 0 radical (unpaired) electrons. The predicted octanol–water partition coefficient (Wildman–Crippen LogP) is -2.78. The average Bonchev–Trinajstić information content (AvgIpc) is 2.38. The molecule has 0 aromatic rings. The Morgan fingerprint density at radius 3 is 2.26 bits per heavy atom. The molecule has 0 bridgehead atoms. The highest BCUT2D eigenvalue weighted by Crippen LogP contribution is 2.33. The lowest BCUT2D eigenvalue weighted by molar-refractivity contribution is -0.150. The molecular weight excluding hydrogens is 248 g/mol. The first kappa shape index (κ1) is 15.1. The Bertz CT molecular complexity index is 307. The van der Waals surface area contributed by atoms with E-state index in [1.807, 2.05) is 0 Å². The highest BCUT2D eigenvalue weighted by Gasteiger charge is 2.47. The van der Waals surface area contributed by atoms with Crippen molar-refractivity contribution in [2.75, 3.05) is 6.54 Å². The lowest BCUT2D eigenvalue weighted by atomic mass is 9.72. The average molecular weight is 274 g/mol. The van der Waals surface area contributed by atoms with Gasteiger partial charge in [-0.25, -0.2) is 0 Å². The molecule has 19 heavy (non-hydrogen) atoms. The minimum absolute atomic E-state index is 0.0584. The molecule has 10 N–H and O–H groups in total. The van der Waals surface area contributed by atoms with Crippen molar-refractivity contribution in [1.82, 2.24) is 0 Å². The number of ether oxygens (including phenoxy) is 1. The second kappa shape index (κ2) is 6.01. The number of aliphatic hydroxyl groups is 2. The molecule has 0 amide bonds. The van der Waals surface area contributed by atoms with E-state index in [0.717, 1.165) is 12.8 Å². The fourth-order valence-corrected chi connectivity index (χ4v) is 3.27. The molecule has 1 unspecified atom stereocenters. The first-order chi connectivity index (χ1) is 8.95. The smallest absolute Gasteiger partial charge is 0.0954 e. The van der Waals surface area contributed by atoms with Crippen molar-refractivity contribution >= 4 is 0 Å². The SMILES string of the molecule is NC[C@@H]1CC[C@@H](N)C([C@H]2[C@H](O)[C@@H](O)[C@H](N)C[C@@H]2N)O1. The van der Waals surface area contributed by atoms with Gasteiger partial charge in [0.15, 0.2) is 0 Å². The molecule has 7 heteroatoms. The van der Waals surface area contributed by atoms with Gasteiger partial charge in [-0.2, -0.15) is 0 Å². The van der Waals surface area contributed by atoms with E-state index >= 15 is 0 Å². The summed E-state index contributed by atoms with van der Waals surface area (Å²) < 4.78 is 5.87. The Balaban J connectivity index is 2.13. The number of hydrogen-bond acceptors (Lipinski definition) is 7. The van der Waals surface area contributed by atoms with E-state index in [2.05, 4.69) is 0 Å². The summed E-state index contributed by atoms with van der Waals surface area (Å²) in [5.41, 5.74) is 23.6. The summed E-state index contributed by atoms with van der Waals surface area (Å²) in [6.07, 6.45) is -0.390. The van der Waals surface area contributed by atoms with Gasteiger partial charge < -0.3 is 37.9 Å². The topological polar surface area (TPSA) is 154 Å². The molecule has 2 aliphatic rings. The standard InChI is InChI=1S/C12H26N4O3/c13-4-5-1-2-6(14)12(19-5)9-7(15)3-8(16)10(17)11(9)18/h5-12,17-18H,1-4,13-16H2/t5-,6+,7-,8+,9+,10-,11-,12?/m0/s1. The molecule has 1 saturated carbocycles. The number of nitrogens with two attached hydrogens (primary N) is 4. The summed E-state index contributed by atoms with van der Waals surface area (Å²) in [4.78, 5) is 0. The molecule has 1 aliphatic heterocycles. The van der Waals surface area contributed by atoms with Crippen LogP contribution in [0.5, 0.6) is 0 Å². The molecule has 7 nitrogen and oxygen atoms in total. The van der Waals surface area contributed by atoms with E-state index < -0.39 is 24.2 Å². The maximum atomic E-state index is 10.2. The van der Waals surface area contributed by atoms with Crippen molar-refractivity contribution in [2.45, 2.75) is 61.8 Å². The van der Waals surface area contributed by atoms with Crippen LogP contribution in [0.3, 0.4) is 0 Å². The largest absolute Gasteiger partial charge is 0.390 e. The first-order valence-corrected chi connectivity index (χ1v) is 6.94. The van der Waals surface area contributed by atoms with Crippen LogP contribution in [0.2, 0.25) is 0 Å². The van der Waals surface area contributed by atoms with Crippen LogP contribution in [0.4, 0.5) is 0 Å². The van der Waals surface area contributed by atoms with Gasteiger partial charge in [0.25, 0.3) is 0 Å². The summed E-state index contributed by atoms with van der Waals surface area (Å²) in [6.45, 7) is 0.420. The van der Waals surface area contributed by atoms with Gasteiger partial charge in [0.05, 0.1) is 24.4 Å².